The van der Waals surface area contributed by atoms with Gasteiger partial charge in [0.15, 0.2) is 0 Å². The third kappa shape index (κ3) is 4.35. The summed E-state index contributed by atoms with van der Waals surface area (Å²) in [6, 6.07) is 8.58. The Hall–Kier alpha value is -2.27. The lowest BCUT2D eigenvalue weighted by Crippen LogP contribution is -2.63. The Morgan fingerprint density at radius 2 is 1.72 bits per heavy atom. The molecule has 5 heterocycles. The molecule has 4 saturated heterocycles. The molecule has 0 spiro atoms. The zero-order chi connectivity index (χ0) is 20.8. The van der Waals surface area contributed by atoms with Crippen LogP contribution in [-0.4, -0.2) is 63.9 Å². The van der Waals surface area contributed by atoms with Crippen LogP contribution in [0.2, 0.25) is 0 Å². The van der Waals surface area contributed by atoms with E-state index in [1.807, 2.05) is 24.3 Å². The van der Waals surface area contributed by atoms with Crippen molar-refractivity contribution in [2.75, 3.05) is 6.54 Å². The number of hydrogen-bond donors (Lipinski definition) is 3. The summed E-state index contributed by atoms with van der Waals surface area (Å²) in [6.45, 7) is 0.600. The summed E-state index contributed by atoms with van der Waals surface area (Å²) in [7, 11) is -4.67. The highest BCUT2D eigenvalue weighted by Gasteiger charge is 2.49. The molecule has 1 aromatic heterocycles. The van der Waals surface area contributed by atoms with E-state index in [2.05, 4.69) is 9.88 Å². The van der Waals surface area contributed by atoms with Crippen molar-refractivity contribution in [2.45, 2.75) is 43.9 Å². The normalized spacial score (nSPS) is 30.6. The molecule has 4 fully saturated rings. The zero-order valence-corrected chi connectivity index (χ0v) is 16.3. The molecular formula is C19H22N2O7S. The fraction of sp³-hybridized carbons (Fsp3) is 0.474. The van der Waals surface area contributed by atoms with E-state index >= 15 is 0 Å². The number of aromatic amines is 1. The predicted octanol–water partition coefficient (Wildman–Crippen LogP) is 1.87. The molecule has 10 heteroatoms. The summed E-state index contributed by atoms with van der Waals surface area (Å²) in [4.78, 5) is 30.0. The maximum absolute atomic E-state index is 12.6. The van der Waals surface area contributed by atoms with Crippen LogP contribution in [0.25, 0.3) is 10.9 Å². The third-order valence-electron chi connectivity index (χ3n) is 6.00. The quantitative estimate of drug-likeness (QED) is 0.493. The van der Waals surface area contributed by atoms with Gasteiger partial charge in [0.25, 0.3) is 0 Å². The molecular weight excluding hydrogens is 400 g/mol. The van der Waals surface area contributed by atoms with Crippen LogP contribution in [0.5, 0.6) is 0 Å². The van der Waals surface area contributed by atoms with Gasteiger partial charge in [0, 0.05) is 47.9 Å². The average Bonchev–Trinajstić information content (AvgIpc) is 3.04. The molecule has 4 aliphatic rings. The number of para-hydroxylation sites is 1. The van der Waals surface area contributed by atoms with Gasteiger partial charge in [-0.2, -0.15) is 8.42 Å². The molecule has 9 nitrogen and oxygen atoms in total. The van der Waals surface area contributed by atoms with Crippen molar-refractivity contribution in [3.63, 3.8) is 0 Å². The second-order valence-corrected chi connectivity index (χ2v) is 8.70. The van der Waals surface area contributed by atoms with E-state index in [1.165, 1.54) is 0 Å². The Bertz CT molecular complexity index is 1020. The van der Waals surface area contributed by atoms with Gasteiger partial charge >= 0.3 is 16.4 Å². The third-order valence-corrected chi connectivity index (χ3v) is 6.00. The fourth-order valence-corrected chi connectivity index (χ4v) is 4.87. The van der Waals surface area contributed by atoms with E-state index in [4.69, 9.17) is 22.3 Å². The van der Waals surface area contributed by atoms with Gasteiger partial charge in [-0.3, -0.25) is 18.8 Å². The van der Waals surface area contributed by atoms with Crippen LogP contribution >= 0.6 is 0 Å². The first kappa shape index (κ1) is 20.0. The molecule has 1 aromatic carbocycles. The van der Waals surface area contributed by atoms with Crippen molar-refractivity contribution in [3.05, 3.63) is 36.0 Å². The van der Waals surface area contributed by atoms with E-state index in [0.29, 0.717) is 30.0 Å². The molecule has 5 atom stereocenters. The van der Waals surface area contributed by atoms with E-state index < -0.39 is 10.4 Å². The number of carbonyl (C=O) groups excluding carboxylic acids is 2. The molecule has 0 amide bonds. The molecule has 3 unspecified atom stereocenters. The average molecular weight is 422 g/mol. The van der Waals surface area contributed by atoms with E-state index in [9.17, 15) is 9.59 Å². The Labute approximate surface area is 167 Å². The summed E-state index contributed by atoms with van der Waals surface area (Å²) < 4.78 is 37.4. The standard InChI is InChI=1S/C19H20N2O3.H2O4S/c22-18-10-21-12-5-11(18)6-13(21)8-14(7-12)24-19(23)16-9-20-17-4-2-1-3-15(16)17;1-5(2,3)4/h1-4,9,11-14,20H,5-8,10H2;(H2,1,2,3,4)/t11?,12-,13+,14?;. The largest absolute Gasteiger partial charge is 0.459 e. The zero-order valence-electron chi connectivity index (χ0n) is 15.5. The number of aromatic nitrogens is 1. The van der Waals surface area contributed by atoms with Gasteiger partial charge in [-0.25, -0.2) is 4.79 Å². The summed E-state index contributed by atoms with van der Waals surface area (Å²) in [5.41, 5.74) is 1.56. The van der Waals surface area contributed by atoms with Gasteiger partial charge in [0.1, 0.15) is 11.9 Å². The number of nitrogens with one attached hydrogen (secondary N) is 1. The first-order valence-corrected chi connectivity index (χ1v) is 10.8. The van der Waals surface area contributed by atoms with Crippen molar-refractivity contribution in [1.82, 2.24) is 9.88 Å². The maximum Gasteiger partial charge on any atom is 0.394 e. The summed E-state index contributed by atoms with van der Waals surface area (Å²) in [5.74, 6) is 0.403. The van der Waals surface area contributed by atoms with E-state index in [0.717, 1.165) is 36.6 Å². The van der Waals surface area contributed by atoms with Gasteiger partial charge in [0.05, 0.1) is 12.1 Å². The first-order valence-electron chi connectivity index (χ1n) is 9.44. The Balaban J connectivity index is 0.000000369. The van der Waals surface area contributed by atoms with Crippen LogP contribution in [0.4, 0.5) is 0 Å². The number of ketones is 1. The first-order chi connectivity index (χ1) is 13.7. The van der Waals surface area contributed by atoms with Crippen LogP contribution in [0, 0.1) is 5.92 Å². The predicted molar refractivity (Wildman–Crippen MR) is 103 cm³/mol. The number of esters is 1. The number of carbonyl (C=O) groups is 2. The van der Waals surface area contributed by atoms with Gasteiger partial charge in [-0.15, -0.1) is 0 Å². The van der Waals surface area contributed by atoms with Crippen LogP contribution in [0.1, 0.15) is 36.0 Å². The second-order valence-electron chi connectivity index (χ2n) is 7.81. The van der Waals surface area contributed by atoms with E-state index in [1.54, 1.807) is 6.20 Å². The minimum Gasteiger partial charge on any atom is -0.459 e. The smallest absolute Gasteiger partial charge is 0.394 e. The lowest BCUT2D eigenvalue weighted by Gasteiger charge is -2.54. The molecule has 3 N–H and O–H groups in total. The number of H-pyrrole nitrogens is 1. The van der Waals surface area contributed by atoms with E-state index in [-0.39, 0.29) is 18.0 Å². The SMILES string of the molecule is O=C(OC1C[C@@H]2CC3C[C@H](C1)N2CC3=O)c1c[nH]c2ccccc12.O=S(=O)(O)O. The van der Waals surface area contributed by atoms with Crippen LogP contribution < -0.4 is 0 Å². The molecule has 6 rings (SSSR count). The number of hydrogen-bond acceptors (Lipinski definition) is 6. The summed E-state index contributed by atoms with van der Waals surface area (Å²) >= 11 is 0. The van der Waals surface area contributed by atoms with Crippen molar-refractivity contribution in [2.24, 2.45) is 5.92 Å². The minimum absolute atomic E-state index is 0.0356. The number of fused-ring (bicyclic) bond motifs is 2. The molecule has 0 radical (unpaired) electrons. The molecule has 29 heavy (non-hydrogen) atoms. The second kappa shape index (κ2) is 7.52. The van der Waals surface area contributed by atoms with Gasteiger partial charge in [0.2, 0.25) is 0 Å². The fourth-order valence-electron chi connectivity index (χ4n) is 4.87. The van der Waals surface area contributed by atoms with Gasteiger partial charge in [-0.1, -0.05) is 18.2 Å². The molecule has 4 bridgehead atoms. The minimum atomic E-state index is -4.67. The number of Topliss-reactive ketones (excluding diaryl/α,β-unsaturated/α-hetero) is 1. The van der Waals surface area contributed by atoms with Gasteiger partial charge < -0.3 is 9.72 Å². The molecule has 156 valence electrons. The van der Waals surface area contributed by atoms with Crippen LogP contribution in [0.15, 0.2) is 30.5 Å². The highest BCUT2D eigenvalue weighted by atomic mass is 32.3. The highest BCUT2D eigenvalue weighted by Crippen LogP contribution is 2.42. The molecule has 4 aliphatic heterocycles. The molecule has 0 saturated carbocycles. The topological polar surface area (TPSA) is 137 Å². The Morgan fingerprint density at radius 1 is 1.10 bits per heavy atom. The number of benzene rings is 1. The lowest BCUT2D eigenvalue weighted by molar-refractivity contribution is -0.145. The number of nitrogens with zero attached hydrogens (tertiary/aromatic N) is 1. The number of piperidine rings is 4. The monoisotopic (exact) mass is 422 g/mol. The summed E-state index contributed by atoms with van der Waals surface area (Å²) in [6.07, 6.45) is 5.29. The lowest BCUT2D eigenvalue weighted by atomic mass is 9.72. The highest BCUT2D eigenvalue weighted by molar-refractivity contribution is 7.79. The molecule has 2 aromatic rings. The number of rotatable bonds is 2. The summed E-state index contributed by atoms with van der Waals surface area (Å²) in [5, 5.41) is 0.909. The van der Waals surface area contributed by atoms with Crippen molar-refractivity contribution >= 4 is 33.1 Å². The van der Waals surface area contributed by atoms with Crippen molar-refractivity contribution in [1.29, 1.82) is 0 Å². The molecule has 0 aliphatic carbocycles. The Morgan fingerprint density at radius 3 is 2.34 bits per heavy atom. The van der Waals surface area contributed by atoms with Crippen molar-refractivity contribution in [3.8, 4) is 0 Å². The Kier molecular flexibility index (Phi) is 5.19. The van der Waals surface area contributed by atoms with Gasteiger partial charge in [-0.05, 0) is 18.9 Å². The van der Waals surface area contributed by atoms with Crippen LogP contribution in [-0.2, 0) is 19.9 Å². The van der Waals surface area contributed by atoms with Crippen molar-refractivity contribution < 1.29 is 31.8 Å². The number of ether oxygens (including phenoxy) is 1. The van der Waals surface area contributed by atoms with Crippen LogP contribution in [0.3, 0.4) is 0 Å². The maximum atomic E-state index is 12.6.